The van der Waals surface area contributed by atoms with Crippen molar-refractivity contribution in [2.24, 2.45) is 5.41 Å². The van der Waals surface area contributed by atoms with E-state index < -0.39 is 11.7 Å². The summed E-state index contributed by atoms with van der Waals surface area (Å²) in [6.07, 6.45) is 0.991. The summed E-state index contributed by atoms with van der Waals surface area (Å²) in [5.74, 6) is 0. The summed E-state index contributed by atoms with van der Waals surface area (Å²) in [6.45, 7) is 14.4. The smallest absolute Gasteiger partial charge is 0.407 e. The maximum absolute atomic E-state index is 11.7. The van der Waals surface area contributed by atoms with Crippen LogP contribution in [0.15, 0.2) is 0 Å². The number of carbonyl (C=O) groups is 1. The van der Waals surface area contributed by atoms with E-state index in [-0.39, 0.29) is 17.6 Å². The van der Waals surface area contributed by atoms with E-state index in [0.29, 0.717) is 19.6 Å². The Morgan fingerprint density at radius 1 is 1.10 bits per heavy atom. The first-order chi connectivity index (χ1) is 9.43. The van der Waals surface area contributed by atoms with Gasteiger partial charge in [0.25, 0.3) is 0 Å². The van der Waals surface area contributed by atoms with Gasteiger partial charge in [-0.25, -0.2) is 4.79 Å². The lowest BCUT2D eigenvalue weighted by Crippen LogP contribution is -2.42. The van der Waals surface area contributed by atoms with Gasteiger partial charge in [0.15, 0.2) is 0 Å². The third-order valence-corrected chi connectivity index (χ3v) is 3.26. The zero-order chi connectivity index (χ0) is 16.7. The van der Waals surface area contributed by atoms with Crippen LogP contribution in [-0.4, -0.2) is 42.2 Å². The summed E-state index contributed by atoms with van der Waals surface area (Å²) in [7, 11) is 0. The highest BCUT2D eigenvalue weighted by atomic mass is 16.6. The van der Waals surface area contributed by atoms with Gasteiger partial charge in [0.05, 0.1) is 12.2 Å². The van der Waals surface area contributed by atoms with Crippen LogP contribution in [0.3, 0.4) is 0 Å². The highest BCUT2D eigenvalue weighted by molar-refractivity contribution is 5.67. The summed E-state index contributed by atoms with van der Waals surface area (Å²) in [5.41, 5.74) is -1.09. The minimum absolute atomic E-state index is 0.00675. The third-order valence-electron chi connectivity index (χ3n) is 3.26. The highest BCUT2D eigenvalue weighted by Gasteiger charge is 2.29. The number of amides is 1. The van der Waals surface area contributed by atoms with Crippen LogP contribution in [0.1, 0.15) is 61.3 Å². The highest BCUT2D eigenvalue weighted by Crippen LogP contribution is 2.26. The largest absolute Gasteiger partial charge is 0.444 e. The first-order valence-electron chi connectivity index (χ1n) is 7.65. The molecule has 0 fully saturated rings. The van der Waals surface area contributed by atoms with Gasteiger partial charge in [0.1, 0.15) is 5.60 Å². The summed E-state index contributed by atoms with van der Waals surface area (Å²) in [5, 5.41) is 12.5. The molecule has 1 amide bonds. The van der Waals surface area contributed by atoms with E-state index in [1.54, 1.807) is 0 Å². The number of alkyl carbamates (subject to hydrolysis) is 1. The number of hydrogen-bond acceptors (Lipinski definition) is 4. The Kier molecular flexibility index (Phi) is 7.68. The molecular weight excluding hydrogens is 270 g/mol. The first kappa shape index (κ1) is 20.2. The van der Waals surface area contributed by atoms with Crippen LogP contribution >= 0.6 is 0 Å². The molecule has 0 radical (unpaired) electrons. The SMILES string of the molecule is CCC(CO)(CCOC(C)(C)C)CNC(=O)OC(C)(C)C. The number of carbonyl (C=O) groups excluding carboxylic acids is 1. The van der Waals surface area contributed by atoms with E-state index in [2.05, 4.69) is 5.32 Å². The molecule has 0 rings (SSSR count). The second kappa shape index (κ2) is 7.99. The van der Waals surface area contributed by atoms with Crippen LogP contribution < -0.4 is 5.32 Å². The molecule has 0 aromatic heterocycles. The van der Waals surface area contributed by atoms with Crippen LogP contribution in [0.25, 0.3) is 0 Å². The van der Waals surface area contributed by atoms with Gasteiger partial charge in [0.2, 0.25) is 0 Å². The summed E-state index contributed by atoms with van der Waals surface area (Å²) >= 11 is 0. The predicted molar refractivity (Wildman–Crippen MR) is 84.4 cm³/mol. The molecule has 0 aromatic carbocycles. The molecule has 0 heterocycles. The molecule has 5 heteroatoms. The number of aliphatic hydroxyl groups is 1. The first-order valence-corrected chi connectivity index (χ1v) is 7.65. The Bertz CT molecular complexity index is 311. The molecule has 0 spiro atoms. The molecular formula is C16H33NO4. The van der Waals surface area contributed by atoms with Crippen molar-refractivity contribution in [3.8, 4) is 0 Å². The third kappa shape index (κ3) is 9.69. The number of rotatable bonds is 7. The molecule has 0 aliphatic rings. The molecule has 0 bridgehead atoms. The van der Waals surface area contributed by atoms with E-state index in [1.165, 1.54) is 0 Å². The molecule has 1 unspecified atom stereocenters. The van der Waals surface area contributed by atoms with Crippen LogP contribution in [0.4, 0.5) is 4.79 Å². The Balaban J connectivity index is 4.43. The normalized spacial score (nSPS) is 15.4. The number of nitrogens with one attached hydrogen (secondary N) is 1. The minimum Gasteiger partial charge on any atom is -0.444 e. The van der Waals surface area contributed by atoms with E-state index in [1.807, 2.05) is 48.5 Å². The van der Waals surface area contributed by atoms with Crippen molar-refractivity contribution >= 4 is 6.09 Å². The van der Waals surface area contributed by atoms with Crippen molar-refractivity contribution < 1.29 is 19.4 Å². The van der Waals surface area contributed by atoms with E-state index in [0.717, 1.165) is 6.42 Å². The predicted octanol–water partition coefficient (Wildman–Crippen LogP) is 3.11. The lowest BCUT2D eigenvalue weighted by atomic mass is 9.82. The maximum Gasteiger partial charge on any atom is 0.407 e. The van der Waals surface area contributed by atoms with Crippen LogP contribution in [0, 0.1) is 5.41 Å². The van der Waals surface area contributed by atoms with Crippen molar-refractivity contribution in [2.45, 2.75) is 72.5 Å². The molecule has 21 heavy (non-hydrogen) atoms. The summed E-state index contributed by atoms with van der Waals surface area (Å²) in [4.78, 5) is 11.7. The number of aliphatic hydroxyl groups excluding tert-OH is 1. The topological polar surface area (TPSA) is 67.8 Å². The zero-order valence-electron chi connectivity index (χ0n) is 14.7. The monoisotopic (exact) mass is 303 g/mol. The minimum atomic E-state index is -0.520. The standard InChI is InChI=1S/C16H33NO4/c1-8-16(12-18,9-10-20-14(2,3)4)11-17-13(19)21-15(5,6)7/h18H,8-12H2,1-7H3,(H,17,19). The molecule has 0 aliphatic carbocycles. The van der Waals surface area contributed by atoms with Gasteiger partial charge >= 0.3 is 6.09 Å². The molecule has 0 aromatic rings. The molecule has 0 aliphatic heterocycles. The van der Waals surface area contributed by atoms with Gasteiger partial charge in [-0.15, -0.1) is 0 Å². The fourth-order valence-electron chi connectivity index (χ4n) is 1.78. The van der Waals surface area contributed by atoms with Gasteiger partial charge in [-0.2, -0.15) is 0 Å². The van der Waals surface area contributed by atoms with Crippen molar-refractivity contribution in [1.82, 2.24) is 5.32 Å². The molecule has 0 saturated heterocycles. The van der Waals surface area contributed by atoms with E-state index >= 15 is 0 Å². The number of hydrogen-bond donors (Lipinski definition) is 2. The number of ether oxygens (including phenoxy) is 2. The molecule has 2 N–H and O–H groups in total. The van der Waals surface area contributed by atoms with E-state index in [4.69, 9.17) is 9.47 Å². The Morgan fingerprint density at radius 2 is 1.67 bits per heavy atom. The van der Waals surface area contributed by atoms with Crippen molar-refractivity contribution in [2.75, 3.05) is 19.8 Å². The van der Waals surface area contributed by atoms with Crippen LogP contribution in [0.2, 0.25) is 0 Å². The van der Waals surface area contributed by atoms with Gasteiger partial charge in [-0.1, -0.05) is 6.92 Å². The van der Waals surface area contributed by atoms with Crippen LogP contribution in [0.5, 0.6) is 0 Å². The van der Waals surface area contributed by atoms with Crippen molar-refractivity contribution in [1.29, 1.82) is 0 Å². The lowest BCUT2D eigenvalue weighted by molar-refractivity contribution is -0.0281. The Morgan fingerprint density at radius 3 is 2.05 bits per heavy atom. The zero-order valence-corrected chi connectivity index (χ0v) is 14.7. The molecule has 5 nitrogen and oxygen atoms in total. The summed E-state index contributed by atoms with van der Waals surface area (Å²) < 4.78 is 10.9. The summed E-state index contributed by atoms with van der Waals surface area (Å²) in [6, 6.07) is 0. The molecule has 126 valence electrons. The van der Waals surface area contributed by atoms with Gasteiger partial charge in [-0.3, -0.25) is 0 Å². The fraction of sp³-hybridized carbons (Fsp3) is 0.938. The molecule has 0 saturated carbocycles. The molecule has 1 atom stereocenters. The van der Waals surface area contributed by atoms with Gasteiger partial charge in [0, 0.05) is 18.6 Å². The van der Waals surface area contributed by atoms with Gasteiger partial charge in [-0.05, 0) is 54.4 Å². The fourth-order valence-corrected chi connectivity index (χ4v) is 1.78. The Labute approximate surface area is 129 Å². The van der Waals surface area contributed by atoms with Crippen LogP contribution in [-0.2, 0) is 9.47 Å². The second-order valence-corrected chi connectivity index (χ2v) is 7.58. The average molecular weight is 303 g/mol. The quantitative estimate of drug-likeness (QED) is 0.758. The Hall–Kier alpha value is -0.810. The second-order valence-electron chi connectivity index (χ2n) is 7.58. The average Bonchev–Trinajstić information content (AvgIpc) is 2.30. The van der Waals surface area contributed by atoms with Crippen molar-refractivity contribution in [3.63, 3.8) is 0 Å². The van der Waals surface area contributed by atoms with E-state index in [9.17, 15) is 9.90 Å². The van der Waals surface area contributed by atoms with Gasteiger partial charge < -0.3 is 19.9 Å². The van der Waals surface area contributed by atoms with Crippen molar-refractivity contribution in [3.05, 3.63) is 0 Å². The maximum atomic E-state index is 11.7. The lowest BCUT2D eigenvalue weighted by Gasteiger charge is -2.32.